The molecule has 0 spiro atoms. The first-order chi connectivity index (χ1) is 8.06. The fourth-order valence-electron chi connectivity index (χ4n) is 1.07. The van der Waals surface area contributed by atoms with Gasteiger partial charge >= 0.3 is 0 Å². The molecule has 0 radical (unpaired) electrons. The minimum atomic E-state index is -0.0454. The van der Waals surface area contributed by atoms with Crippen molar-refractivity contribution in [3.05, 3.63) is 26.1 Å². The summed E-state index contributed by atoms with van der Waals surface area (Å²) in [4.78, 5) is 16.0. The molecule has 0 bridgehead atoms. The lowest BCUT2D eigenvalue weighted by molar-refractivity contribution is 0.102. The van der Waals surface area contributed by atoms with Crippen molar-refractivity contribution in [2.24, 2.45) is 0 Å². The Bertz CT molecular complexity index is 552. The molecule has 0 aromatic carbocycles. The van der Waals surface area contributed by atoms with E-state index in [2.05, 4.69) is 9.36 Å². The van der Waals surface area contributed by atoms with E-state index in [4.69, 9.17) is 23.2 Å². The van der Waals surface area contributed by atoms with E-state index in [1.54, 1.807) is 6.07 Å². The van der Waals surface area contributed by atoms with Crippen LogP contribution in [0.25, 0.3) is 0 Å². The summed E-state index contributed by atoms with van der Waals surface area (Å²) in [6, 6.07) is 1.60. The number of hydrogen-bond donors (Lipinski definition) is 0. The van der Waals surface area contributed by atoms with Gasteiger partial charge in [-0.25, -0.2) is 4.98 Å². The Labute approximate surface area is 120 Å². The molecular weight excluding hydrogens is 319 g/mol. The van der Waals surface area contributed by atoms with Gasteiger partial charge in [-0.2, -0.15) is 4.37 Å². The molecule has 0 atom stereocenters. The van der Waals surface area contributed by atoms with Gasteiger partial charge in [0.25, 0.3) is 0 Å². The smallest absolute Gasteiger partial charge is 0.175 e. The molecule has 2 heterocycles. The van der Waals surface area contributed by atoms with Gasteiger partial charge in [0.05, 0.1) is 10.1 Å². The number of nitrogens with zero attached hydrogens (tertiary/aromatic N) is 2. The van der Waals surface area contributed by atoms with E-state index in [9.17, 15) is 4.79 Å². The third-order valence-corrected chi connectivity index (χ3v) is 5.21. The fraction of sp³-hybridized carbons (Fsp3) is 0.222. The van der Waals surface area contributed by atoms with Crippen LogP contribution in [0.2, 0.25) is 8.67 Å². The van der Waals surface area contributed by atoms with Crippen molar-refractivity contribution in [1.82, 2.24) is 9.36 Å². The fourth-order valence-corrected chi connectivity index (χ4v) is 4.10. The van der Waals surface area contributed by atoms with E-state index in [0.717, 1.165) is 10.2 Å². The summed E-state index contributed by atoms with van der Waals surface area (Å²) in [6.45, 7) is 1.82. The molecule has 3 nitrogen and oxygen atoms in total. The van der Waals surface area contributed by atoms with E-state index in [1.165, 1.54) is 34.6 Å². The molecule has 0 aliphatic heterocycles. The van der Waals surface area contributed by atoms with Gasteiger partial charge in [0.1, 0.15) is 10.2 Å². The maximum absolute atomic E-state index is 11.9. The number of carbonyl (C=O) groups is 1. The van der Waals surface area contributed by atoms with Crippen LogP contribution in [0.4, 0.5) is 0 Å². The summed E-state index contributed by atoms with van der Waals surface area (Å²) in [7, 11) is 0. The van der Waals surface area contributed by atoms with Crippen LogP contribution in [-0.2, 0) is 0 Å². The Morgan fingerprint density at radius 2 is 2.29 bits per heavy atom. The Morgan fingerprint density at radius 1 is 1.53 bits per heavy atom. The molecule has 2 rings (SSSR count). The predicted molar refractivity (Wildman–Crippen MR) is 74.0 cm³/mol. The summed E-state index contributed by atoms with van der Waals surface area (Å²) in [5.41, 5.74) is 0.482. The first-order valence-corrected chi connectivity index (χ1v) is 7.80. The van der Waals surface area contributed by atoms with Crippen molar-refractivity contribution in [2.45, 2.75) is 11.3 Å². The third-order valence-electron chi connectivity index (χ3n) is 1.79. The zero-order valence-corrected chi connectivity index (χ0v) is 12.5. The largest absolute Gasteiger partial charge is 0.293 e. The maximum Gasteiger partial charge on any atom is 0.175 e. The van der Waals surface area contributed by atoms with E-state index in [0.29, 0.717) is 20.0 Å². The summed E-state index contributed by atoms with van der Waals surface area (Å²) in [5.74, 6) is 0.971. The molecule has 0 saturated heterocycles. The summed E-state index contributed by atoms with van der Waals surface area (Å²) in [6.07, 6.45) is 0. The van der Waals surface area contributed by atoms with Crippen LogP contribution in [0.1, 0.15) is 16.2 Å². The number of aryl methyl sites for hydroxylation is 1. The zero-order valence-electron chi connectivity index (χ0n) is 8.57. The second kappa shape index (κ2) is 5.67. The molecule has 0 amide bonds. The third kappa shape index (κ3) is 3.42. The maximum atomic E-state index is 11.9. The minimum absolute atomic E-state index is 0.0454. The highest BCUT2D eigenvalue weighted by Crippen LogP contribution is 2.32. The topological polar surface area (TPSA) is 42.9 Å². The van der Waals surface area contributed by atoms with E-state index in [-0.39, 0.29) is 5.78 Å². The molecule has 90 valence electrons. The van der Waals surface area contributed by atoms with Crippen molar-refractivity contribution in [3.63, 3.8) is 0 Å². The summed E-state index contributed by atoms with van der Waals surface area (Å²) < 4.78 is 5.79. The molecule has 0 unspecified atom stereocenters. The van der Waals surface area contributed by atoms with Crippen LogP contribution >= 0.6 is 57.8 Å². The van der Waals surface area contributed by atoms with Crippen LogP contribution in [0.5, 0.6) is 0 Å². The van der Waals surface area contributed by atoms with Crippen molar-refractivity contribution in [2.75, 3.05) is 5.75 Å². The van der Waals surface area contributed by atoms with Crippen molar-refractivity contribution in [1.29, 1.82) is 0 Å². The molecule has 0 aliphatic carbocycles. The van der Waals surface area contributed by atoms with Crippen molar-refractivity contribution in [3.8, 4) is 0 Å². The van der Waals surface area contributed by atoms with Crippen LogP contribution in [-0.4, -0.2) is 20.9 Å². The molecule has 8 heteroatoms. The van der Waals surface area contributed by atoms with Gasteiger partial charge in [0.2, 0.25) is 0 Å². The number of carbonyl (C=O) groups excluding carboxylic acids is 1. The molecule has 2 aromatic heterocycles. The van der Waals surface area contributed by atoms with Gasteiger partial charge < -0.3 is 0 Å². The molecule has 0 N–H and O–H groups in total. The van der Waals surface area contributed by atoms with Crippen molar-refractivity contribution >= 4 is 63.6 Å². The van der Waals surface area contributed by atoms with Crippen LogP contribution in [0.15, 0.2) is 10.4 Å². The zero-order chi connectivity index (χ0) is 12.4. The van der Waals surface area contributed by atoms with Gasteiger partial charge in [-0.1, -0.05) is 35.0 Å². The molecule has 0 fully saturated rings. The molecule has 0 aliphatic rings. The molecule has 2 aromatic rings. The number of hydrogen-bond acceptors (Lipinski definition) is 6. The monoisotopic (exact) mass is 324 g/mol. The molecular formula is C9H6Cl2N2OS3. The number of ketones is 1. The van der Waals surface area contributed by atoms with Gasteiger partial charge in [-0.05, 0) is 24.5 Å². The Morgan fingerprint density at radius 3 is 2.82 bits per heavy atom. The van der Waals surface area contributed by atoms with Gasteiger partial charge in [0.15, 0.2) is 10.1 Å². The molecule has 0 saturated carbocycles. The van der Waals surface area contributed by atoms with Gasteiger partial charge in [0, 0.05) is 5.56 Å². The second-order valence-corrected chi connectivity index (χ2v) is 7.32. The Balaban J connectivity index is 2.00. The van der Waals surface area contributed by atoms with Crippen LogP contribution in [0.3, 0.4) is 0 Å². The standard InChI is InChI=1S/C9H6Cl2N2OS3/c1-4-12-9(17-13-4)15-3-6(14)5-2-7(10)16-8(5)11/h2H,3H2,1H3. The quantitative estimate of drug-likeness (QED) is 0.624. The lowest BCUT2D eigenvalue weighted by atomic mass is 10.2. The van der Waals surface area contributed by atoms with Crippen LogP contribution < -0.4 is 0 Å². The van der Waals surface area contributed by atoms with E-state index < -0.39 is 0 Å². The SMILES string of the molecule is Cc1nsc(SCC(=O)c2cc(Cl)sc2Cl)n1. The van der Waals surface area contributed by atoms with E-state index >= 15 is 0 Å². The van der Waals surface area contributed by atoms with E-state index in [1.807, 2.05) is 6.92 Å². The highest BCUT2D eigenvalue weighted by molar-refractivity contribution is 8.01. The summed E-state index contributed by atoms with van der Waals surface area (Å²) in [5, 5.41) is 0. The summed E-state index contributed by atoms with van der Waals surface area (Å²) >= 11 is 15.5. The highest BCUT2D eigenvalue weighted by atomic mass is 35.5. The molecule has 17 heavy (non-hydrogen) atoms. The number of rotatable bonds is 4. The number of aromatic nitrogens is 2. The first-order valence-electron chi connectivity index (χ1n) is 4.47. The predicted octanol–water partition coefficient (Wildman–Crippen LogP) is 4.19. The number of Topliss-reactive ketones (excluding diaryl/α,β-unsaturated/α-hetero) is 1. The number of thiophene rings is 1. The Kier molecular flexibility index (Phi) is 4.43. The van der Waals surface area contributed by atoms with Crippen LogP contribution in [0, 0.1) is 6.92 Å². The van der Waals surface area contributed by atoms with Gasteiger partial charge in [-0.3, -0.25) is 4.79 Å². The minimum Gasteiger partial charge on any atom is -0.293 e. The van der Waals surface area contributed by atoms with Gasteiger partial charge in [-0.15, -0.1) is 11.3 Å². The normalized spacial score (nSPS) is 10.8. The number of halogens is 2. The van der Waals surface area contributed by atoms with Crippen molar-refractivity contribution < 1.29 is 4.79 Å². The first kappa shape index (κ1) is 13.3. The average Bonchev–Trinajstić information content (AvgIpc) is 2.81. The Hall–Kier alpha value is -0.140. The lowest BCUT2D eigenvalue weighted by Crippen LogP contribution is -2.00. The number of thioether (sulfide) groups is 1. The lowest BCUT2D eigenvalue weighted by Gasteiger charge is -1.96. The second-order valence-electron chi connectivity index (χ2n) is 3.06. The average molecular weight is 325 g/mol. The highest BCUT2D eigenvalue weighted by Gasteiger charge is 2.15.